The molecule has 15 heavy (non-hydrogen) atoms. The van der Waals surface area contributed by atoms with Crippen LogP contribution in [0.15, 0.2) is 0 Å². The average molecular weight is 234 g/mol. The third-order valence-corrected chi connectivity index (χ3v) is 1.58. The molecule has 0 amide bonds. The summed E-state index contributed by atoms with van der Waals surface area (Å²) in [7, 11) is 1.44. The second-order valence-electron chi connectivity index (χ2n) is 2.42. The number of ether oxygens (including phenoxy) is 3. The molecule has 0 radical (unpaired) electrons. The van der Waals surface area contributed by atoms with Crippen LogP contribution in [0.1, 0.15) is 6.92 Å². The number of rotatable bonds is 6. The SMILES string of the molecule is CCOCCOc1nc(Cl)nc(OC)n1. The second kappa shape index (κ2) is 6.36. The second-order valence-corrected chi connectivity index (χ2v) is 2.76. The van der Waals surface area contributed by atoms with Crippen LogP contribution in [0.2, 0.25) is 5.28 Å². The highest BCUT2D eigenvalue weighted by molar-refractivity contribution is 6.28. The summed E-state index contributed by atoms with van der Waals surface area (Å²) in [6.07, 6.45) is 0. The maximum absolute atomic E-state index is 5.62. The van der Waals surface area contributed by atoms with Crippen LogP contribution in [0.4, 0.5) is 0 Å². The number of hydrogen-bond acceptors (Lipinski definition) is 6. The Hall–Kier alpha value is -1.14. The zero-order chi connectivity index (χ0) is 11.1. The smallest absolute Gasteiger partial charge is 0.324 e. The van der Waals surface area contributed by atoms with Crippen LogP contribution in [0.5, 0.6) is 12.0 Å². The average Bonchev–Trinajstić information content (AvgIpc) is 2.23. The quantitative estimate of drug-likeness (QED) is 0.682. The summed E-state index contributed by atoms with van der Waals surface area (Å²) in [5.41, 5.74) is 0. The lowest BCUT2D eigenvalue weighted by atomic mass is 10.7. The van der Waals surface area contributed by atoms with E-state index in [2.05, 4.69) is 15.0 Å². The van der Waals surface area contributed by atoms with Crippen LogP contribution in [0, 0.1) is 0 Å². The van der Waals surface area contributed by atoms with E-state index in [1.54, 1.807) is 0 Å². The number of halogens is 1. The predicted octanol–water partition coefficient (Wildman–Crippen LogP) is 0.949. The maximum Gasteiger partial charge on any atom is 0.324 e. The van der Waals surface area contributed by atoms with E-state index in [4.69, 9.17) is 25.8 Å². The molecular formula is C8H12ClN3O3. The monoisotopic (exact) mass is 233 g/mol. The fourth-order valence-electron chi connectivity index (χ4n) is 0.807. The summed E-state index contributed by atoms with van der Waals surface area (Å²) in [6, 6.07) is 0.257. The van der Waals surface area contributed by atoms with Crippen molar-refractivity contribution in [3.05, 3.63) is 5.28 Å². The summed E-state index contributed by atoms with van der Waals surface area (Å²) < 4.78 is 15.1. The Balaban J connectivity index is 2.49. The molecule has 0 saturated carbocycles. The number of hydrogen-bond donors (Lipinski definition) is 0. The third kappa shape index (κ3) is 4.26. The summed E-state index contributed by atoms with van der Waals surface area (Å²) in [5, 5.41) is 0.0354. The van der Waals surface area contributed by atoms with Gasteiger partial charge in [-0.15, -0.1) is 4.98 Å². The molecule has 0 aliphatic rings. The van der Waals surface area contributed by atoms with Crippen molar-refractivity contribution in [2.75, 3.05) is 26.9 Å². The molecule has 1 aromatic heterocycles. The van der Waals surface area contributed by atoms with Crippen LogP contribution in [-0.2, 0) is 4.74 Å². The maximum atomic E-state index is 5.62. The first-order valence-corrected chi connectivity index (χ1v) is 4.80. The summed E-state index contributed by atoms with van der Waals surface area (Å²) in [6.45, 7) is 3.38. The van der Waals surface area contributed by atoms with Crippen LogP contribution >= 0.6 is 11.6 Å². The van der Waals surface area contributed by atoms with E-state index in [0.717, 1.165) is 0 Å². The molecule has 0 spiro atoms. The number of methoxy groups -OCH3 is 1. The summed E-state index contributed by atoms with van der Waals surface area (Å²) in [5.74, 6) is 0. The van der Waals surface area contributed by atoms with Gasteiger partial charge in [0.2, 0.25) is 5.28 Å². The van der Waals surface area contributed by atoms with Crippen LogP contribution in [0.3, 0.4) is 0 Å². The Labute approximate surface area is 92.6 Å². The van der Waals surface area contributed by atoms with E-state index in [1.807, 2.05) is 6.92 Å². The molecule has 0 saturated heterocycles. The first kappa shape index (κ1) is 11.9. The van der Waals surface area contributed by atoms with Crippen molar-refractivity contribution in [2.24, 2.45) is 0 Å². The lowest BCUT2D eigenvalue weighted by Crippen LogP contribution is -2.09. The molecule has 6 nitrogen and oxygen atoms in total. The molecule has 0 unspecified atom stereocenters. The molecule has 0 N–H and O–H groups in total. The van der Waals surface area contributed by atoms with Crippen molar-refractivity contribution in [3.8, 4) is 12.0 Å². The van der Waals surface area contributed by atoms with Gasteiger partial charge >= 0.3 is 12.0 Å². The summed E-state index contributed by atoms with van der Waals surface area (Å²) >= 11 is 5.62. The van der Waals surface area contributed by atoms with E-state index in [9.17, 15) is 0 Å². The normalized spacial score (nSPS) is 10.1. The van der Waals surface area contributed by atoms with E-state index < -0.39 is 0 Å². The van der Waals surface area contributed by atoms with Gasteiger partial charge < -0.3 is 14.2 Å². The van der Waals surface area contributed by atoms with Gasteiger partial charge in [0.05, 0.1) is 13.7 Å². The van der Waals surface area contributed by atoms with Gasteiger partial charge in [0, 0.05) is 6.61 Å². The highest BCUT2D eigenvalue weighted by Crippen LogP contribution is 2.12. The van der Waals surface area contributed by atoms with Crippen molar-refractivity contribution in [1.82, 2.24) is 15.0 Å². The van der Waals surface area contributed by atoms with Gasteiger partial charge in [0.1, 0.15) is 6.61 Å². The number of aromatic nitrogens is 3. The van der Waals surface area contributed by atoms with Crippen molar-refractivity contribution in [1.29, 1.82) is 0 Å². The predicted molar refractivity (Wildman–Crippen MR) is 53.4 cm³/mol. The topological polar surface area (TPSA) is 66.4 Å². The van der Waals surface area contributed by atoms with E-state index in [-0.39, 0.29) is 17.3 Å². The molecule has 0 aliphatic carbocycles. The molecule has 1 heterocycles. The van der Waals surface area contributed by atoms with Gasteiger partial charge in [-0.1, -0.05) is 0 Å². The van der Waals surface area contributed by atoms with E-state index >= 15 is 0 Å². The Morgan fingerprint density at radius 1 is 1.13 bits per heavy atom. The zero-order valence-electron chi connectivity index (χ0n) is 8.57. The first-order chi connectivity index (χ1) is 7.26. The number of nitrogens with zero attached hydrogens (tertiary/aromatic N) is 3. The van der Waals surface area contributed by atoms with E-state index in [1.165, 1.54) is 7.11 Å². The molecule has 1 rings (SSSR count). The highest BCUT2D eigenvalue weighted by atomic mass is 35.5. The third-order valence-electron chi connectivity index (χ3n) is 1.41. The Bertz CT molecular complexity index is 311. The lowest BCUT2D eigenvalue weighted by Gasteiger charge is -2.05. The van der Waals surface area contributed by atoms with Gasteiger partial charge in [-0.3, -0.25) is 0 Å². The summed E-state index contributed by atoms with van der Waals surface area (Å²) in [4.78, 5) is 11.3. The van der Waals surface area contributed by atoms with Gasteiger partial charge in [-0.2, -0.15) is 9.97 Å². The van der Waals surface area contributed by atoms with Crippen LogP contribution < -0.4 is 9.47 Å². The van der Waals surface area contributed by atoms with E-state index in [0.29, 0.717) is 19.8 Å². The van der Waals surface area contributed by atoms with Gasteiger partial charge in [0.25, 0.3) is 0 Å². The van der Waals surface area contributed by atoms with Crippen molar-refractivity contribution < 1.29 is 14.2 Å². The Morgan fingerprint density at radius 3 is 2.53 bits per heavy atom. The molecule has 1 aromatic rings. The molecule has 0 aliphatic heterocycles. The van der Waals surface area contributed by atoms with Crippen LogP contribution in [0.25, 0.3) is 0 Å². The molecule has 0 atom stereocenters. The zero-order valence-corrected chi connectivity index (χ0v) is 9.32. The highest BCUT2D eigenvalue weighted by Gasteiger charge is 2.05. The molecule has 84 valence electrons. The van der Waals surface area contributed by atoms with Gasteiger partial charge in [-0.25, -0.2) is 0 Å². The lowest BCUT2D eigenvalue weighted by molar-refractivity contribution is 0.106. The molecule has 0 aromatic carbocycles. The van der Waals surface area contributed by atoms with Crippen molar-refractivity contribution in [3.63, 3.8) is 0 Å². The minimum absolute atomic E-state index is 0.0354. The minimum atomic E-state index is 0.0354. The molecule has 0 bridgehead atoms. The molecular weight excluding hydrogens is 222 g/mol. The fraction of sp³-hybridized carbons (Fsp3) is 0.625. The van der Waals surface area contributed by atoms with Gasteiger partial charge in [0.15, 0.2) is 0 Å². The molecule has 7 heteroatoms. The van der Waals surface area contributed by atoms with Crippen molar-refractivity contribution >= 4 is 11.6 Å². The Morgan fingerprint density at radius 2 is 1.87 bits per heavy atom. The fourth-order valence-corrected chi connectivity index (χ4v) is 0.951. The minimum Gasteiger partial charge on any atom is -0.467 e. The van der Waals surface area contributed by atoms with Gasteiger partial charge in [-0.05, 0) is 18.5 Å². The largest absolute Gasteiger partial charge is 0.467 e. The standard InChI is InChI=1S/C8H12ClN3O3/c1-3-14-4-5-15-8-11-6(9)10-7(12-8)13-2/h3-5H2,1-2H3. The first-order valence-electron chi connectivity index (χ1n) is 4.42. The Kier molecular flexibility index (Phi) is 5.06. The molecule has 0 fully saturated rings. The van der Waals surface area contributed by atoms with Crippen LogP contribution in [-0.4, -0.2) is 41.9 Å². The van der Waals surface area contributed by atoms with Crippen molar-refractivity contribution in [2.45, 2.75) is 6.92 Å².